The van der Waals surface area contributed by atoms with Crippen LogP contribution < -0.4 is 0 Å². The second-order valence-corrected chi connectivity index (χ2v) is 8.53. The molecule has 3 heteroatoms. The van der Waals surface area contributed by atoms with Crippen LogP contribution in [-0.2, 0) is 0 Å². The zero-order chi connectivity index (χ0) is 16.1. The second-order valence-electron chi connectivity index (χ2n) is 8.53. The van der Waals surface area contributed by atoms with Crippen molar-refractivity contribution < 1.29 is 0 Å². The van der Waals surface area contributed by atoms with Crippen LogP contribution in [0.25, 0.3) is 0 Å². The molecule has 3 fully saturated rings. The molecule has 3 rings (SSSR count). The number of likely N-dealkylation sites (tertiary alicyclic amines) is 1. The highest BCUT2D eigenvalue weighted by molar-refractivity contribution is 4.82. The summed E-state index contributed by atoms with van der Waals surface area (Å²) in [5.74, 6) is 0.987. The number of hydrogen-bond donors (Lipinski definition) is 0. The molecule has 0 N–H and O–H groups in total. The van der Waals surface area contributed by atoms with E-state index in [2.05, 4.69) is 28.5 Å². The van der Waals surface area contributed by atoms with E-state index in [1.807, 2.05) is 0 Å². The normalized spacial score (nSPS) is 27.8. The maximum absolute atomic E-state index is 2.80. The van der Waals surface area contributed by atoms with Crippen LogP contribution in [0.2, 0.25) is 0 Å². The SMILES string of the molecule is CC(C)N1CCC(CCN2CCN(C3CCCCC3)CC2)CC1. The standard InChI is InChI=1S/C20H39N3/c1-18(2)22-12-9-19(10-13-22)8-11-21-14-16-23(17-15-21)20-6-4-3-5-7-20/h18-20H,3-17H2,1-2H3. The minimum atomic E-state index is 0.740. The average Bonchev–Trinajstić information content (AvgIpc) is 2.61. The number of piperazine rings is 1. The Hall–Kier alpha value is -0.120. The topological polar surface area (TPSA) is 9.72 Å². The molecule has 0 aromatic heterocycles. The molecule has 0 radical (unpaired) electrons. The quantitative estimate of drug-likeness (QED) is 0.768. The monoisotopic (exact) mass is 321 g/mol. The Bertz CT molecular complexity index is 322. The third-order valence-corrected chi connectivity index (χ3v) is 6.73. The molecular weight excluding hydrogens is 282 g/mol. The molecule has 134 valence electrons. The van der Waals surface area contributed by atoms with Crippen molar-refractivity contribution in [2.45, 2.75) is 77.3 Å². The van der Waals surface area contributed by atoms with Crippen molar-refractivity contribution in [1.82, 2.24) is 14.7 Å². The molecule has 0 aromatic rings. The predicted molar refractivity (Wildman–Crippen MR) is 98.9 cm³/mol. The van der Waals surface area contributed by atoms with E-state index in [4.69, 9.17) is 0 Å². The second kappa shape index (κ2) is 8.82. The van der Waals surface area contributed by atoms with Crippen molar-refractivity contribution in [3.05, 3.63) is 0 Å². The molecule has 3 aliphatic rings. The smallest absolute Gasteiger partial charge is 0.0113 e. The summed E-state index contributed by atoms with van der Waals surface area (Å²) in [5.41, 5.74) is 0. The van der Waals surface area contributed by atoms with Crippen LogP contribution in [0.4, 0.5) is 0 Å². The van der Waals surface area contributed by atoms with Gasteiger partial charge in [0.2, 0.25) is 0 Å². The van der Waals surface area contributed by atoms with Gasteiger partial charge in [0.25, 0.3) is 0 Å². The average molecular weight is 322 g/mol. The van der Waals surface area contributed by atoms with E-state index < -0.39 is 0 Å². The largest absolute Gasteiger partial charge is 0.301 e. The minimum Gasteiger partial charge on any atom is -0.301 e. The summed E-state index contributed by atoms with van der Waals surface area (Å²) >= 11 is 0. The lowest BCUT2D eigenvalue weighted by molar-refractivity contribution is 0.0717. The Morgan fingerprint density at radius 1 is 0.783 bits per heavy atom. The lowest BCUT2D eigenvalue weighted by Gasteiger charge is -2.41. The van der Waals surface area contributed by atoms with Crippen molar-refractivity contribution in [3.8, 4) is 0 Å². The Morgan fingerprint density at radius 3 is 2.04 bits per heavy atom. The first-order chi connectivity index (χ1) is 11.2. The van der Waals surface area contributed by atoms with Crippen LogP contribution in [0.1, 0.15) is 65.2 Å². The fraction of sp³-hybridized carbons (Fsp3) is 1.00. The van der Waals surface area contributed by atoms with E-state index in [1.54, 1.807) is 0 Å². The van der Waals surface area contributed by atoms with Crippen molar-refractivity contribution >= 4 is 0 Å². The van der Waals surface area contributed by atoms with E-state index in [1.165, 1.54) is 97.2 Å². The van der Waals surface area contributed by atoms with Crippen LogP contribution in [-0.4, -0.2) is 72.6 Å². The van der Waals surface area contributed by atoms with Gasteiger partial charge in [-0.05, 0) is 71.5 Å². The lowest BCUT2D eigenvalue weighted by atomic mass is 9.92. The Balaban J connectivity index is 1.30. The summed E-state index contributed by atoms with van der Waals surface area (Å²) in [6.45, 7) is 14.0. The number of hydrogen-bond acceptors (Lipinski definition) is 3. The molecule has 0 bridgehead atoms. The molecule has 1 aliphatic carbocycles. The van der Waals surface area contributed by atoms with Gasteiger partial charge in [-0.2, -0.15) is 0 Å². The number of piperidine rings is 1. The summed E-state index contributed by atoms with van der Waals surface area (Å²) < 4.78 is 0. The van der Waals surface area contributed by atoms with Gasteiger partial charge in [-0.1, -0.05) is 19.3 Å². The summed E-state index contributed by atoms with van der Waals surface area (Å²) in [4.78, 5) is 8.20. The lowest BCUT2D eigenvalue weighted by Crippen LogP contribution is -2.51. The Morgan fingerprint density at radius 2 is 1.43 bits per heavy atom. The molecule has 0 aromatic carbocycles. The number of rotatable bonds is 5. The van der Waals surface area contributed by atoms with Crippen molar-refractivity contribution in [2.75, 3.05) is 45.8 Å². The number of nitrogens with zero attached hydrogens (tertiary/aromatic N) is 3. The van der Waals surface area contributed by atoms with Crippen molar-refractivity contribution in [3.63, 3.8) is 0 Å². The third kappa shape index (κ3) is 5.17. The molecule has 0 spiro atoms. The van der Waals surface area contributed by atoms with Crippen LogP contribution in [0.3, 0.4) is 0 Å². The fourth-order valence-corrected chi connectivity index (χ4v) is 4.92. The van der Waals surface area contributed by atoms with Gasteiger partial charge >= 0.3 is 0 Å². The molecule has 2 heterocycles. The van der Waals surface area contributed by atoms with Crippen molar-refractivity contribution in [2.24, 2.45) is 5.92 Å². The summed E-state index contributed by atoms with van der Waals surface area (Å²) in [7, 11) is 0. The molecule has 1 saturated carbocycles. The third-order valence-electron chi connectivity index (χ3n) is 6.73. The zero-order valence-corrected chi connectivity index (χ0v) is 15.7. The zero-order valence-electron chi connectivity index (χ0n) is 15.7. The molecule has 3 nitrogen and oxygen atoms in total. The summed E-state index contributed by atoms with van der Waals surface area (Å²) in [6, 6.07) is 1.66. The van der Waals surface area contributed by atoms with Crippen LogP contribution >= 0.6 is 0 Å². The maximum Gasteiger partial charge on any atom is 0.0113 e. The molecule has 0 atom stereocenters. The van der Waals surface area contributed by atoms with Crippen molar-refractivity contribution in [1.29, 1.82) is 0 Å². The fourth-order valence-electron chi connectivity index (χ4n) is 4.92. The van der Waals surface area contributed by atoms with Gasteiger partial charge in [0, 0.05) is 38.3 Å². The molecular formula is C20H39N3. The van der Waals surface area contributed by atoms with Gasteiger partial charge in [0.05, 0.1) is 0 Å². The van der Waals surface area contributed by atoms with Gasteiger partial charge in [-0.25, -0.2) is 0 Å². The van der Waals surface area contributed by atoms with Gasteiger partial charge < -0.3 is 9.80 Å². The maximum atomic E-state index is 2.80. The van der Waals surface area contributed by atoms with E-state index in [9.17, 15) is 0 Å². The van der Waals surface area contributed by atoms with Gasteiger partial charge in [0.15, 0.2) is 0 Å². The van der Waals surface area contributed by atoms with Crippen LogP contribution in [0.15, 0.2) is 0 Å². The van der Waals surface area contributed by atoms with Gasteiger partial charge in [-0.3, -0.25) is 4.90 Å². The molecule has 0 amide bonds. The molecule has 0 unspecified atom stereocenters. The van der Waals surface area contributed by atoms with E-state index in [0.29, 0.717) is 0 Å². The first-order valence-corrected chi connectivity index (χ1v) is 10.4. The first kappa shape index (κ1) is 17.7. The van der Waals surface area contributed by atoms with Crippen LogP contribution in [0.5, 0.6) is 0 Å². The highest BCUT2D eigenvalue weighted by Gasteiger charge is 2.26. The molecule has 2 aliphatic heterocycles. The summed E-state index contributed by atoms with van der Waals surface area (Å²) in [6.07, 6.45) is 11.7. The van der Waals surface area contributed by atoms with E-state index >= 15 is 0 Å². The van der Waals surface area contributed by atoms with Gasteiger partial charge in [-0.15, -0.1) is 0 Å². The summed E-state index contributed by atoms with van der Waals surface area (Å²) in [5, 5.41) is 0. The van der Waals surface area contributed by atoms with Crippen LogP contribution in [0, 0.1) is 5.92 Å². The highest BCUT2D eigenvalue weighted by atomic mass is 15.3. The Kier molecular flexibility index (Phi) is 6.79. The minimum absolute atomic E-state index is 0.740. The molecule has 23 heavy (non-hydrogen) atoms. The predicted octanol–water partition coefficient (Wildman–Crippen LogP) is 3.45. The molecule has 2 saturated heterocycles. The first-order valence-electron chi connectivity index (χ1n) is 10.4. The van der Waals surface area contributed by atoms with Gasteiger partial charge in [0.1, 0.15) is 0 Å². The van der Waals surface area contributed by atoms with E-state index in [-0.39, 0.29) is 0 Å². The highest BCUT2D eigenvalue weighted by Crippen LogP contribution is 2.25. The Labute approximate surface area is 144 Å². The van der Waals surface area contributed by atoms with E-state index in [0.717, 1.165) is 18.0 Å².